The van der Waals surface area contributed by atoms with Crippen molar-refractivity contribution in [2.45, 2.75) is 0 Å². The smallest absolute Gasteiger partial charge is 0.423 e. The summed E-state index contributed by atoms with van der Waals surface area (Å²) in [6.45, 7) is 0. The minimum Gasteiger partial charge on any atom is -0.423 e. The van der Waals surface area contributed by atoms with Gasteiger partial charge in [0.25, 0.3) is 0 Å². The molecule has 0 aromatic heterocycles. The van der Waals surface area contributed by atoms with Gasteiger partial charge in [0.05, 0.1) is 0 Å². The zero-order valence-electron chi connectivity index (χ0n) is 6.37. The second-order valence-electron chi connectivity index (χ2n) is 2.36. The van der Waals surface area contributed by atoms with E-state index in [0.717, 1.165) is 6.07 Å². The maximum absolute atomic E-state index is 13.1. The van der Waals surface area contributed by atoms with Crippen molar-refractivity contribution in [3.63, 3.8) is 0 Å². The molecule has 13 heavy (non-hydrogen) atoms. The van der Waals surface area contributed by atoms with Gasteiger partial charge in [-0.15, -0.1) is 0 Å². The SMILES string of the molecule is O=Cc1ccc(Cl)c(B(O)O)c1F. The summed E-state index contributed by atoms with van der Waals surface area (Å²) >= 11 is 5.48. The lowest BCUT2D eigenvalue weighted by Gasteiger charge is -2.05. The van der Waals surface area contributed by atoms with Crippen LogP contribution in [0.2, 0.25) is 5.02 Å². The number of rotatable bonds is 2. The summed E-state index contributed by atoms with van der Waals surface area (Å²) in [7, 11) is -2.02. The summed E-state index contributed by atoms with van der Waals surface area (Å²) in [6.07, 6.45) is 0.275. The monoisotopic (exact) mass is 202 g/mol. The van der Waals surface area contributed by atoms with E-state index in [1.165, 1.54) is 6.07 Å². The van der Waals surface area contributed by atoms with Gasteiger partial charge in [-0.25, -0.2) is 4.39 Å². The van der Waals surface area contributed by atoms with Crippen LogP contribution in [0.4, 0.5) is 4.39 Å². The topological polar surface area (TPSA) is 57.5 Å². The molecule has 1 aromatic rings. The van der Waals surface area contributed by atoms with Crippen molar-refractivity contribution in [2.24, 2.45) is 0 Å². The molecule has 0 aliphatic carbocycles. The molecule has 6 heteroatoms. The van der Waals surface area contributed by atoms with E-state index in [4.69, 9.17) is 21.6 Å². The summed E-state index contributed by atoms with van der Waals surface area (Å²) in [5.41, 5.74) is -0.737. The number of carbonyl (C=O) groups excluding carboxylic acids is 1. The van der Waals surface area contributed by atoms with Crippen LogP contribution in [0.15, 0.2) is 12.1 Å². The van der Waals surface area contributed by atoms with Gasteiger partial charge in [0.1, 0.15) is 5.82 Å². The molecular formula is C7H5BClFO3. The van der Waals surface area contributed by atoms with E-state index in [1.54, 1.807) is 0 Å². The molecule has 1 rings (SSSR count). The minimum absolute atomic E-state index is 0.127. The molecule has 0 saturated carbocycles. The Kier molecular flexibility index (Phi) is 3.03. The van der Waals surface area contributed by atoms with Gasteiger partial charge in [0.2, 0.25) is 0 Å². The van der Waals surface area contributed by atoms with Gasteiger partial charge in [0.15, 0.2) is 6.29 Å². The van der Waals surface area contributed by atoms with Crippen molar-refractivity contribution in [3.8, 4) is 0 Å². The highest BCUT2D eigenvalue weighted by atomic mass is 35.5. The van der Waals surface area contributed by atoms with Crippen LogP contribution in [-0.2, 0) is 0 Å². The molecule has 0 fully saturated rings. The third kappa shape index (κ3) is 1.88. The quantitative estimate of drug-likeness (QED) is 0.523. The highest BCUT2D eigenvalue weighted by Crippen LogP contribution is 2.11. The third-order valence-electron chi connectivity index (χ3n) is 1.54. The van der Waals surface area contributed by atoms with E-state index in [1.807, 2.05) is 0 Å². The molecule has 0 unspecified atom stereocenters. The van der Waals surface area contributed by atoms with Crippen molar-refractivity contribution < 1.29 is 19.2 Å². The molecular weight excluding hydrogens is 197 g/mol. The lowest BCUT2D eigenvalue weighted by atomic mass is 9.79. The maximum Gasteiger partial charge on any atom is 0.493 e. The van der Waals surface area contributed by atoms with E-state index in [-0.39, 0.29) is 16.9 Å². The van der Waals surface area contributed by atoms with Crippen LogP contribution in [0.25, 0.3) is 0 Å². The molecule has 2 N–H and O–H groups in total. The molecule has 0 bridgehead atoms. The Morgan fingerprint density at radius 1 is 1.46 bits per heavy atom. The summed E-state index contributed by atoms with van der Waals surface area (Å²) in [6, 6.07) is 2.39. The van der Waals surface area contributed by atoms with Crippen LogP contribution in [-0.4, -0.2) is 23.5 Å². The first kappa shape index (κ1) is 10.2. The van der Waals surface area contributed by atoms with Gasteiger partial charge in [0, 0.05) is 16.0 Å². The molecule has 68 valence electrons. The van der Waals surface area contributed by atoms with E-state index in [2.05, 4.69) is 0 Å². The number of aldehydes is 1. The molecule has 1 aromatic carbocycles. The molecule has 3 nitrogen and oxygen atoms in total. The molecule has 0 heterocycles. The molecule has 0 atom stereocenters. The van der Waals surface area contributed by atoms with E-state index >= 15 is 0 Å². The standard InChI is InChI=1S/C7H5BClFO3/c9-5-2-1-4(3-11)7(10)6(5)8(12)13/h1-3,12-13H. The Balaban J connectivity index is 3.38. The fourth-order valence-corrected chi connectivity index (χ4v) is 1.16. The summed E-state index contributed by atoms with van der Waals surface area (Å²) < 4.78 is 13.1. The van der Waals surface area contributed by atoms with Crippen molar-refractivity contribution in [2.75, 3.05) is 0 Å². The first-order valence-corrected chi connectivity index (χ1v) is 3.75. The highest BCUT2D eigenvalue weighted by molar-refractivity contribution is 6.62. The molecule has 0 spiro atoms. The number of halogens is 2. The Morgan fingerprint density at radius 3 is 2.54 bits per heavy atom. The van der Waals surface area contributed by atoms with Gasteiger partial charge in [-0.05, 0) is 12.1 Å². The second kappa shape index (κ2) is 3.87. The van der Waals surface area contributed by atoms with Crippen molar-refractivity contribution in [1.29, 1.82) is 0 Å². The normalized spacial score (nSPS) is 9.85. The average molecular weight is 202 g/mol. The van der Waals surface area contributed by atoms with Crippen molar-refractivity contribution in [1.82, 2.24) is 0 Å². The Labute approximate surface area is 78.9 Å². The number of hydrogen-bond acceptors (Lipinski definition) is 3. The van der Waals surface area contributed by atoms with Gasteiger partial charge < -0.3 is 10.0 Å². The summed E-state index contributed by atoms with van der Waals surface area (Å²) in [5, 5.41) is 17.3. The van der Waals surface area contributed by atoms with Gasteiger partial charge >= 0.3 is 7.12 Å². The van der Waals surface area contributed by atoms with Crippen LogP contribution in [0, 0.1) is 5.82 Å². The van der Waals surface area contributed by atoms with Crippen LogP contribution < -0.4 is 5.46 Å². The Bertz CT molecular complexity index is 343. The molecule has 0 aliphatic rings. The maximum atomic E-state index is 13.1. The lowest BCUT2D eigenvalue weighted by Crippen LogP contribution is -2.34. The largest absolute Gasteiger partial charge is 0.493 e. The van der Waals surface area contributed by atoms with E-state index < -0.39 is 18.4 Å². The highest BCUT2D eigenvalue weighted by Gasteiger charge is 2.22. The van der Waals surface area contributed by atoms with Crippen LogP contribution in [0.1, 0.15) is 10.4 Å². The van der Waals surface area contributed by atoms with E-state index in [9.17, 15) is 9.18 Å². The average Bonchev–Trinajstić information content (AvgIpc) is 2.04. The van der Waals surface area contributed by atoms with Crippen LogP contribution in [0.5, 0.6) is 0 Å². The Morgan fingerprint density at radius 2 is 2.08 bits per heavy atom. The summed E-state index contributed by atoms with van der Waals surface area (Å²) in [4.78, 5) is 10.3. The predicted octanol–water partition coefficient (Wildman–Crippen LogP) is -0.0286. The molecule has 0 amide bonds. The Hall–Kier alpha value is -0.905. The first-order chi connectivity index (χ1) is 6.07. The zero-order chi connectivity index (χ0) is 10.0. The molecule has 0 saturated heterocycles. The fourth-order valence-electron chi connectivity index (χ4n) is 0.914. The number of hydrogen-bond donors (Lipinski definition) is 2. The zero-order valence-corrected chi connectivity index (χ0v) is 7.12. The molecule has 0 radical (unpaired) electrons. The van der Waals surface area contributed by atoms with Crippen LogP contribution in [0.3, 0.4) is 0 Å². The third-order valence-corrected chi connectivity index (χ3v) is 1.87. The van der Waals surface area contributed by atoms with Crippen molar-refractivity contribution >= 4 is 30.5 Å². The summed E-state index contributed by atoms with van der Waals surface area (Å²) in [5.74, 6) is -1.00. The van der Waals surface area contributed by atoms with Crippen LogP contribution >= 0.6 is 11.6 Å². The molecule has 0 aliphatic heterocycles. The minimum atomic E-state index is -2.02. The predicted molar refractivity (Wildman–Crippen MR) is 46.6 cm³/mol. The number of carbonyl (C=O) groups is 1. The van der Waals surface area contributed by atoms with Gasteiger partial charge in [-0.3, -0.25) is 4.79 Å². The lowest BCUT2D eigenvalue weighted by molar-refractivity contribution is 0.112. The second-order valence-corrected chi connectivity index (χ2v) is 2.76. The van der Waals surface area contributed by atoms with E-state index in [0.29, 0.717) is 0 Å². The van der Waals surface area contributed by atoms with Crippen molar-refractivity contribution in [3.05, 3.63) is 28.5 Å². The van der Waals surface area contributed by atoms with Gasteiger partial charge in [-0.2, -0.15) is 0 Å². The first-order valence-electron chi connectivity index (χ1n) is 3.37. The van der Waals surface area contributed by atoms with Gasteiger partial charge in [-0.1, -0.05) is 11.6 Å². The fraction of sp³-hybridized carbons (Fsp3) is 0. The number of benzene rings is 1.